The Hall–Kier alpha value is -3.08. The van der Waals surface area contributed by atoms with Crippen molar-refractivity contribution in [2.45, 2.75) is 20.3 Å². The highest BCUT2D eigenvalue weighted by molar-refractivity contribution is 6.06. The molecule has 5 nitrogen and oxygen atoms in total. The average Bonchev–Trinajstić information content (AvgIpc) is 3.22. The standard InChI is InChI=1S/C21H21N3O2/c1-12-8-18(12)21(26)24-16-5-3-4-14(10-16)20(25)23-17-6-7-19-15(11-17)9-13(2)22-19/h3-7,9-12,18,22H,8H2,1-2H3,(H,23,25)(H,24,26). The first-order chi connectivity index (χ1) is 12.5. The van der Waals surface area contributed by atoms with Crippen molar-refractivity contribution < 1.29 is 9.59 Å². The number of H-pyrrole nitrogens is 1. The molecule has 0 spiro atoms. The molecule has 26 heavy (non-hydrogen) atoms. The van der Waals surface area contributed by atoms with Crippen molar-refractivity contribution in [3.05, 3.63) is 59.8 Å². The van der Waals surface area contributed by atoms with Crippen LogP contribution in [0.5, 0.6) is 0 Å². The third-order valence-electron chi connectivity index (χ3n) is 4.85. The summed E-state index contributed by atoms with van der Waals surface area (Å²) in [5, 5.41) is 6.87. The zero-order valence-electron chi connectivity index (χ0n) is 14.8. The molecule has 1 aromatic heterocycles. The predicted molar refractivity (Wildman–Crippen MR) is 103 cm³/mol. The third-order valence-corrected chi connectivity index (χ3v) is 4.85. The van der Waals surface area contributed by atoms with Gasteiger partial charge in [-0.3, -0.25) is 9.59 Å². The maximum absolute atomic E-state index is 12.6. The Morgan fingerprint density at radius 3 is 2.58 bits per heavy atom. The topological polar surface area (TPSA) is 74.0 Å². The Labute approximate surface area is 151 Å². The summed E-state index contributed by atoms with van der Waals surface area (Å²) in [5.41, 5.74) is 4.02. The Bertz CT molecular complexity index is 1010. The molecule has 1 heterocycles. The highest BCUT2D eigenvalue weighted by Gasteiger charge is 2.39. The van der Waals surface area contributed by atoms with E-state index in [0.717, 1.165) is 28.7 Å². The van der Waals surface area contributed by atoms with Gasteiger partial charge in [-0.05, 0) is 61.7 Å². The SMILES string of the molecule is Cc1cc2cc(NC(=O)c3cccc(NC(=O)C4CC4C)c3)ccc2[nH]1. The summed E-state index contributed by atoms with van der Waals surface area (Å²) in [5.74, 6) is 0.383. The van der Waals surface area contributed by atoms with Crippen LogP contribution in [0.15, 0.2) is 48.5 Å². The predicted octanol–water partition coefficient (Wildman–Crippen LogP) is 4.32. The normalized spacial score (nSPS) is 18.5. The summed E-state index contributed by atoms with van der Waals surface area (Å²) in [6, 6.07) is 14.8. The molecular weight excluding hydrogens is 326 g/mol. The second kappa shape index (κ2) is 6.33. The number of carbonyl (C=O) groups is 2. The van der Waals surface area contributed by atoms with Crippen molar-refractivity contribution in [3.63, 3.8) is 0 Å². The monoisotopic (exact) mass is 347 g/mol. The first kappa shape index (κ1) is 16.4. The number of rotatable bonds is 4. The molecule has 2 amide bonds. The van der Waals surface area contributed by atoms with E-state index in [2.05, 4.69) is 22.5 Å². The summed E-state index contributed by atoms with van der Waals surface area (Å²) in [6.07, 6.45) is 0.938. The number of amides is 2. The van der Waals surface area contributed by atoms with Crippen LogP contribution in [0.25, 0.3) is 10.9 Å². The van der Waals surface area contributed by atoms with Gasteiger partial charge in [0, 0.05) is 39.5 Å². The first-order valence-corrected chi connectivity index (χ1v) is 8.81. The maximum atomic E-state index is 12.6. The van der Waals surface area contributed by atoms with E-state index in [1.54, 1.807) is 24.3 Å². The summed E-state index contributed by atoms with van der Waals surface area (Å²) in [6.45, 7) is 4.07. The zero-order chi connectivity index (χ0) is 18.3. The third kappa shape index (κ3) is 3.33. The lowest BCUT2D eigenvalue weighted by Crippen LogP contribution is -2.16. The molecule has 0 aliphatic heterocycles. The molecule has 0 saturated heterocycles. The number of aryl methyl sites for hydroxylation is 1. The van der Waals surface area contributed by atoms with Gasteiger partial charge in [-0.15, -0.1) is 0 Å². The van der Waals surface area contributed by atoms with Gasteiger partial charge < -0.3 is 15.6 Å². The van der Waals surface area contributed by atoms with E-state index in [1.807, 2.05) is 31.2 Å². The van der Waals surface area contributed by atoms with E-state index in [0.29, 0.717) is 17.2 Å². The lowest BCUT2D eigenvalue weighted by atomic mass is 10.1. The minimum absolute atomic E-state index is 0.0309. The van der Waals surface area contributed by atoms with Crippen molar-refractivity contribution >= 4 is 34.1 Å². The molecule has 2 aromatic carbocycles. The molecule has 3 N–H and O–H groups in total. The van der Waals surface area contributed by atoms with Crippen LogP contribution in [0.3, 0.4) is 0 Å². The number of aromatic nitrogens is 1. The number of aromatic amines is 1. The van der Waals surface area contributed by atoms with Gasteiger partial charge in [0.05, 0.1) is 0 Å². The maximum Gasteiger partial charge on any atom is 0.255 e. The highest BCUT2D eigenvalue weighted by Crippen LogP contribution is 2.38. The Morgan fingerprint density at radius 2 is 1.81 bits per heavy atom. The molecule has 1 aliphatic carbocycles. The van der Waals surface area contributed by atoms with E-state index in [9.17, 15) is 9.59 Å². The van der Waals surface area contributed by atoms with Crippen molar-refractivity contribution in [1.82, 2.24) is 4.98 Å². The van der Waals surface area contributed by atoms with Crippen LogP contribution in [0.2, 0.25) is 0 Å². The van der Waals surface area contributed by atoms with Gasteiger partial charge in [0.2, 0.25) is 5.91 Å². The van der Waals surface area contributed by atoms with Crippen LogP contribution in [-0.2, 0) is 4.79 Å². The Balaban J connectivity index is 1.48. The fourth-order valence-corrected chi connectivity index (χ4v) is 3.22. The highest BCUT2D eigenvalue weighted by atomic mass is 16.2. The molecule has 0 radical (unpaired) electrons. The number of carbonyl (C=O) groups excluding carboxylic acids is 2. The fraction of sp³-hybridized carbons (Fsp3) is 0.238. The molecule has 0 bridgehead atoms. The smallest absolute Gasteiger partial charge is 0.255 e. The Morgan fingerprint density at radius 1 is 1.04 bits per heavy atom. The first-order valence-electron chi connectivity index (χ1n) is 8.81. The molecule has 5 heteroatoms. The summed E-state index contributed by atoms with van der Waals surface area (Å²) >= 11 is 0. The molecule has 1 fully saturated rings. The molecule has 4 rings (SSSR count). The van der Waals surface area contributed by atoms with Gasteiger partial charge in [0.1, 0.15) is 0 Å². The number of anilines is 2. The van der Waals surface area contributed by atoms with Gasteiger partial charge >= 0.3 is 0 Å². The number of hydrogen-bond donors (Lipinski definition) is 3. The average molecular weight is 347 g/mol. The van der Waals surface area contributed by atoms with E-state index in [4.69, 9.17) is 0 Å². The minimum Gasteiger partial charge on any atom is -0.359 e. The van der Waals surface area contributed by atoms with E-state index in [-0.39, 0.29) is 17.7 Å². The fourth-order valence-electron chi connectivity index (χ4n) is 3.22. The lowest BCUT2D eigenvalue weighted by Gasteiger charge is -2.08. The zero-order valence-corrected chi connectivity index (χ0v) is 14.8. The largest absolute Gasteiger partial charge is 0.359 e. The molecular formula is C21H21N3O2. The van der Waals surface area contributed by atoms with Crippen molar-refractivity contribution in [1.29, 1.82) is 0 Å². The van der Waals surface area contributed by atoms with Crippen LogP contribution in [0.4, 0.5) is 11.4 Å². The molecule has 3 aromatic rings. The summed E-state index contributed by atoms with van der Waals surface area (Å²) < 4.78 is 0. The van der Waals surface area contributed by atoms with Gasteiger partial charge in [0.15, 0.2) is 0 Å². The van der Waals surface area contributed by atoms with Gasteiger partial charge in [-0.25, -0.2) is 0 Å². The van der Waals surface area contributed by atoms with Crippen LogP contribution in [0, 0.1) is 18.8 Å². The number of nitrogens with one attached hydrogen (secondary N) is 3. The van der Waals surface area contributed by atoms with Gasteiger partial charge in [-0.1, -0.05) is 13.0 Å². The van der Waals surface area contributed by atoms with Crippen molar-refractivity contribution in [3.8, 4) is 0 Å². The number of hydrogen-bond acceptors (Lipinski definition) is 2. The second-order valence-corrected chi connectivity index (χ2v) is 7.10. The van der Waals surface area contributed by atoms with Gasteiger partial charge in [-0.2, -0.15) is 0 Å². The minimum atomic E-state index is -0.201. The number of fused-ring (bicyclic) bond motifs is 1. The summed E-state index contributed by atoms with van der Waals surface area (Å²) in [4.78, 5) is 27.9. The van der Waals surface area contributed by atoms with Gasteiger partial charge in [0.25, 0.3) is 5.91 Å². The van der Waals surface area contributed by atoms with Crippen molar-refractivity contribution in [2.75, 3.05) is 10.6 Å². The second-order valence-electron chi connectivity index (χ2n) is 7.10. The van der Waals surface area contributed by atoms with Crippen LogP contribution >= 0.6 is 0 Å². The van der Waals surface area contributed by atoms with E-state index < -0.39 is 0 Å². The van der Waals surface area contributed by atoms with Crippen LogP contribution in [0.1, 0.15) is 29.4 Å². The van der Waals surface area contributed by atoms with E-state index >= 15 is 0 Å². The quantitative estimate of drug-likeness (QED) is 0.657. The number of benzene rings is 2. The Kier molecular flexibility index (Phi) is 3.99. The molecule has 1 aliphatic rings. The van der Waals surface area contributed by atoms with Crippen molar-refractivity contribution in [2.24, 2.45) is 11.8 Å². The molecule has 2 unspecified atom stereocenters. The molecule has 2 atom stereocenters. The van der Waals surface area contributed by atoms with Crippen LogP contribution in [-0.4, -0.2) is 16.8 Å². The van der Waals surface area contributed by atoms with E-state index in [1.165, 1.54) is 0 Å². The van der Waals surface area contributed by atoms with Crippen LogP contribution < -0.4 is 10.6 Å². The lowest BCUT2D eigenvalue weighted by molar-refractivity contribution is -0.117. The summed E-state index contributed by atoms with van der Waals surface area (Å²) in [7, 11) is 0. The molecule has 132 valence electrons. The molecule has 1 saturated carbocycles.